The highest BCUT2D eigenvalue weighted by Crippen LogP contribution is 2.39. The van der Waals surface area contributed by atoms with Gasteiger partial charge in [-0.3, -0.25) is 4.79 Å². The molecule has 0 bridgehead atoms. The molecule has 1 N–H and O–H groups in total. The van der Waals surface area contributed by atoms with Crippen LogP contribution in [0.3, 0.4) is 0 Å². The van der Waals surface area contributed by atoms with Gasteiger partial charge in [-0.2, -0.15) is 0 Å². The SMILES string of the molecule is CCCC1(C(=O)N2CCc3sccc3C2C)CCCNC1. The van der Waals surface area contributed by atoms with Gasteiger partial charge in [-0.25, -0.2) is 0 Å². The zero-order valence-electron chi connectivity index (χ0n) is 13.2. The Morgan fingerprint density at radius 2 is 2.43 bits per heavy atom. The van der Waals surface area contributed by atoms with E-state index in [4.69, 9.17) is 0 Å². The number of amides is 1. The maximum atomic E-state index is 13.3. The number of hydrogen-bond acceptors (Lipinski definition) is 3. The van der Waals surface area contributed by atoms with Crippen molar-refractivity contribution < 1.29 is 4.79 Å². The summed E-state index contributed by atoms with van der Waals surface area (Å²) >= 11 is 1.84. The minimum atomic E-state index is -0.158. The summed E-state index contributed by atoms with van der Waals surface area (Å²) in [5.41, 5.74) is 1.21. The fourth-order valence-electron chi connectivity index (χ4n) is 4.04. The number of nitrogens with zero attached hydrogens (tertiary/aromatic N) is 1. The van der Waals surface area contributed by atoms with Gasteiger partial charge >= 0.3 is 0 Å². The molecular weight excluding hydrogens is 280 g/mol. The Hall–Kier alpha value is -0.870. The third kappa shape index (κ3) is 2.64. The van der Waals surface area contributed by atoms with Gasteiger partial charge in [-0.1, -0.05) is 13.3 Å². The number of piperidine rings is 1. The minimum Gasteiger partial charge on any atom is -0.335 e. The molecule has 0 aliphatic carbocycles. The number of fused-ring (bicyclic) bond motifs is 1. The zero-order chi connectivity index (χ0) is 14.9. The number of hydrogen-bond donors (Lipinski definition) is 1. The van der Waals surface area contributed by atoms with E-state index in [1.807, 2.05) is 11.3 Å². The first-order valence-electron chi connectivity index (χ1n) is 8.26. The normalized spacial score (nSPS) is 29.2. The summed E-state index contributed by atoms with van der Waals surface area (Å²) in [6.45, 7) is 7.19. The molecule has 0 spiro atoms. The van der Waals surface area contributed by atoms with Gasteiger partial charge in [0.2, 0.25) is 5.91 Å². The standard InChI is InChI=1S/C17H26N2OS/c1-3-7-17(8-4-9-18-12-17)16(20)19-10-5-15-14(13(19)2)6-11-21-15/h6,11,13,18H,3-5,7-10,12H2,1-2H3. The van der Waals surface area contributed by atoms with E-state index < -0.39 is 0 Å². The van der Waals surface area contributed by atoms with Crippen LogP contribution >= 0.6 is 11.3 Å². The molecule has 1 saturated heterocycles. The van der Waals surface area contributed by atoms with Gasteiger partial charge < -0.3 is 10.2 Å². The smallest absolute Gasteiger partial charge is 0.230 e. The second-order valence-electron chi connectivity index (χ2n) is 6.53. The largest absolute Gasteiger partial charge is 0.335 e. The fraction of sp³-hybridized carbons (Fsp3) is 0.706. The summed E-state index contributed by atoms with van der Waals surface area (Å²) in [6.07, 6.45) is 5.29. The van der Waals surface area contributed by atoms with Crippen molar-refractivity contribution in [1.82, 2.24) is 10.2 Å². The Morgan fingerprint density at radius 1 is 1.57 bits per heavy atom. The lowest BCUT2D eigenvalue weighted by atomic mass is 9.75. The third-order valence-corrected chi connectivity index (χ3v) is 6.19. The summed E-state index contributed by atoms with van der Waals surface area (Å²) in [7, 11) is 0. The molecular formula is C17H26N2OS. The molecule has 1 amide bonds. The Balaban J connectivity index is 1.83. The minimum absolute atomic E-state index is 0.158. The fourth-order valence-corrected chi connectivity index (χ4v) is 5.00. The highest BCUT2D eigenvalue weighted by atomic mass is 32.1. The lowest BCUT2D eigenvalue weighted by molar-refractivity contribution is -0.146. The van der Waals surface area contributed by atoms with Crippen molar-refractivity contribution in [1.29, 1.82) is 0 Å². The Morgan fingerprint density at radius 3 is 3.14 bits per heavy atom. The van der Waals surface area contributed by atoms with Crippen molar-refractivity contribution in [3.63, 3.8) is 0 Å². The van der Waals surface area contributed by atoms with E-state index in [1.165, 1.54) is 10.4 Å². The van der Waals surface area contributed by atoms with Crippen LogP contribution in [0.25, 0.3) is 0 Å². The highest BCUT2D eigenvalue weighted by Gasteiger charge is 2.43. The highest BCUT2D eigenvalue weighted by molar-refractivity contribution is 7.10. The quantitative estimate of drug-likeness (QED) is 0.928. The van der Waals surface area contributed by atoms with Crippen LogP contribution < -0.4 is 5.32 Å². The van der Waals surface area contributed by atoms with E-state index in [0.29, 0.717) is 5.91 Å². The van der Waals surface area contributed by atoms with E-state index in [-0.39, 0.29) is 11.5 Å². The van der Waals surface area contributed by atoms with Crippen molar-refractivity contribution in [3.8, 4) is 0 Å². The van der Waals surface area contributed by atoms with Crippen molar-refractivity contribution >= 4 is 17.2 Å². The molecule has 0 saturated carbocycles. The van der Waals surface area contributed by atoms with Gasteiger partial charge in [-0.15, -0.1) is 11.3 Å². The summed E-state index contributed by atoms with van der Waals surface area (Å²) in [5.74, 6) is 0.390. The number of nitrogens with one attached hydrogen (secondary N) is 1. The molecule has 2 atom stereocenters. The van der Waals surface area contributed by atoms with Gasteiger partial charge in [0.15, 0.2) is 0 Å². The topological polar surface area (TPSA) is 32.3 Å². The van der Waals surface area contributed by atoms with Crippen LogP contribution in [0.1, 0.15) is 56.0 Å². The van der Waals surface area contributed by atoms with Crippen molar-refractivity contribution in [3.05, 3.63) is 21.9 Å². The third-order valence-electron chi connectivity index (χ3n) is 5.19. The van der Waals surface area contributed by atoms with E-state index in [9.17, 15) is 4.79 Å². The summed E-state index contributed by atoms with van der Waals surface area (Å²) < 4.78 is 0. The summed E-state index contributed by atoms with van der Waals surface area (Å²) in [4.78, 5) is 16.9. The molecule has 0 aromatic carbocycles. The van der Waals surface area contributed by atoms with Crippen LogP contribution in [0.15, 0.2) is 11.4 Å². The lowest BCUT2D eigenvalue weighted by Crippen LogP contribution is -2.53. The summed E-state index contributed by atoms with van der Waals surface area (Å²) in [6, 6.07) is 2.44. The molecule has 1 aromatic heterocycles. The average molecular weight is 306 g/mol. The molecule has 2 unspecified atom stereocenters. The summed E-state index contributed by atoms with van der Waals surface area (Å²) in [5, 5.41) is 5.63. The predicted octanol–water partition coefficient (Wildman–Crippen LogP) is 3.36. The Bertz CT molecular complexity index is 499. The van der Waals surface area contributed by atoms with Gasteiger partial charge in [-0.05, 0) is 56.2 Å². The molecule has 1 aromatic rings. The van der Waals surface area contributed by atoms with Crippen LogP contribution in [-0.4, -0.2) is 30.4 Å². The van der Waals surface area contributed by atoms with Crippen LogP contribution in [0.4, 0.5) is 0 Å². The Kier molecular flexibility index (Phi) is 4.36. The van der Waals surface area contributed by atoms with Gasteiger partial charge in [0.25, 0.3) is 0 Å². The molecule has 3 heterocycles. The maximum absolute atomic E-state index is 13.3. The van der Waals surface area contributed by atoms with E-state index in [1.54, 1.807) is 0 Å². The van der Waals surface area contributed by atoms with Crippen LogP contribution in [-0.2, 0) is 11.2 Å². The van der Waals surface area contributed by atoms with Gasteiger partial charge in [0.1, 0.15) is 0 Å². The maximum Gasteiger partial charge on any atom is 0.230 e. The molecule has 21 heavy (non-hydrogen) atoms. The zero-order valence-corrected chi connectivity index (χ0v) is 14.0. The second kappa shape index (κ2) is 6.09. The monoisotopic (exact) mass is 306 g/mol. The van der Waals surface area contributed by atoms with Gasteiger partial charge in [0, 0.05) is 18.0 Å². The van der Waals surface area contributed by atoms with Crippen molar-refractivity contribution in [2.75, 3.05) is 19.6 Å². The van der Waals surface area contributed by atoms with Gasteiger partial charge in [0.05, 0.1) is 11.5 Å². The van der Waals surface area contributed by atoms with E-state index >= 15 is 0 Å². The van der Waals surface area contributed by atoms with E-state index in [2.05, 4.69) is 35.5 Å². The lowest BCUT2D eigenvalue weighted by Gasteiger charge is -2.43. The molecule has 116 valence electrons. The first-order chi connectivity index (χ1) is 10.2. The van der Waals surface area contributed by atoms with Crippen molar-refractivity contribution in [2.24, 2.45) is 5.41 Å². The van der Waals surface area contributed by atoms with Crippen LogP contribution in [0.5, 0.6) is 0 Å². The molecule has 4 heteroatoms. The number of rotatable bonds is 3. The average Bonchev–Trinajstić information content (AvgIpc) is 2.98. The molecule has 2 aliphatic heterocycles. The molecule has 2 aliphatic rings. The van der Waals surface area contributed by atoms with E-state index in [0.717, 1.165) is 51.7 Å². The Labute approximate surface area is 131 Å². The number of carbonyl (C=O) groups is 1. The van der Waals surface area contributed by atoms with Crippen molar-refractivity contribution in [2.45, 2.75) is 52.0 Å². The molecule has 3 rings (SSSR count). The molecule has 0 radical (unpaired) electrons. The first kappa shape index (κ1) is 15.0. The number of thiophene rings is 1. The van der Waals surface area contributed by atoms with Crippen LogP contribution in [0.2, 0.25) is 0 Å². The first-order valence-corrected chi connectivity index (χ1v) is 9.14. The molecule has 3 nitrogen and oxygen atoms in total. The number of carbonyl (C=O) groups excluding carboxylic acids is 1. The second-order valence-corrected chi connectivity index (χ2v) is 7.53. The van der Waals surface area contributed by atoms with Crippen LogP contribution in [0, 0.1) is 5.41 Å². The molecule has 1 fully saturated rings. The predicted molar refractivity (Wildman–Crippen MR) is 87.6 cm³/mol.